The van der Waals surface area contributed by atoms with E-state index in [9.17, 15) is 0 Å². The number of rotatable bonds is 3. The van der Waals surface area contributed by atoms with E-state index in [4.69, 9.17) is 0 Å². The summed E-state index contributed by atoms with van der Waals surface area (Å²) in [6, 6.07) is 11.3. The third kappa shape index (κ3) is 3.26. The van der Waals surface area contributed by atoms with Crippen molar-refractivity contribution in [2.45, 2.75) is 26.8 Å². The molecule has 0 spiro atoms. The third-order valence-electron chi connectivity index (χ3n) is 3.75. The normalized spacial score (nSPS) is 12.5. The van der Waals surface area contributed by atoms with Gasteiger partial charge in [0.05, 0.1) is 6.04 Å². The van der Waals surface area contributed by atoms with E-state index in [-0.39, 0.29) is 6.04 Å². The van der Waals surface area contributed by atoms with E-state index >= 15 is 0 Å². The molecule has 2 aromatic carbocycles. The minimum Gasteiger partial charge on any atom is -0.309 e. The molecular formula is C17H19BrIN. The van der Waals surface area contributed by atoms with Crippen LogP contribution in [0.15, 0.2) is 34.8 Å². The van der Waals surface area contributed by atoms with Gasteiger partial charge >= 0.3 is 0 Å². The zero-order valence-electron chi connectivity index (χ0n) is 12.2. The maximum Gasteiger partial charge on any atom is 0.0588 e. The molecule has 2 rings (SSSR count). The molecule has 0 saturated carbocycles. The third-order valence-corrected chi connectivity index (χ3v) is 5.14. The molecule has 2 aromatic rings. The number of aryl methyl sites for hydroxylation is 3. The van der Waals surface area contributed by atoms with E-state index in [0.717, 1.165) is 4.47 Å². The molecule has 106 valence electrons. The molecule has 1 nitrogen and oxygen atoms in total. The van der Waals surface area contributed by atoms with Gasteiger partial charge in [-0.1, -0.05) is 28.1 Å². The molecule has 0 aliphatic heterocycles. The molecule has 0 bridgehead atoms. The topological polar surface area (TPSA) is 12.0 Å². The summed E-state index contributed by atoms with van der Waals surface area (Å²) >= 11 is 6.05. The highest BCUT2D eigenvalue weighted by atomic mass is 127. The lowest BCUT2D eigenvalue weighted by Crippen LogP contribution is -2.19. The van der Waals surface area contributed by atoms with Crippen molar-refractivity contribution in [2.75, 3.05) is 7.05 Å². The minimum atomic E-state index is 0.207. The van der Waals surface area contributed by atoms with Gasteiger partial charge in [-0.25, -0.2) is 0 Å². The number of nitrogens with one attached hydrogen (secondary N) is 1. The molecule has 1 N–H and O–H groups in total. The molecule has 0 aliphatic carbocycles. The first kappa shape index (κ1) is 16.0. The van der Waals surface area contributed by atoms with Crippen molar-refractivity contribution in [1.29, 1.82) is 0 Å². The van der Waals surface area contributed by atoms with Gasteiger partial charge in [0.2, 0.25) is 0 Å². The predicted molar refractivity (Wildman–Crippen MR) is 98.4 cm³/mol. The summed E-state index contributed by atoms with van der Waals surface area (Å²) in [5, 5.41) is 3.46. The first-order chi connectivity index (χ1) is 9.43. The Morgan fingerprint density at radius 3 is 2.25 bits per heavy atom. The predicted octanol–water partition coefficient (Wildman–Crippen LogP) is 5.29. The molecule has 1 atom stereocenters. The van der Waals surface area contributed by atoms with Crippen molar-refractivity contribution in [3.63, 3.8) is 0 Å². The smallest absolute Gasteiger partial charge is 0.0588 e. The molecule has 0 saturated heterocycles. The first-order valence-electron chi connectivity index (χ1n) is 6.64. The van der Waals surface area contributed by atoms with Crippen LogP contribution in [0.2, 0.25) is 0 Å². The fourth-order valence-electron chi connectivity index (χ4n) is 2.51. The lowest BCUT2D eigenvalue weighted by molar-refractivity contribution is 0.683. The highest BCUT2D eigenvalue weighted by Crippen LogP contribution is 2.32. The summed E-state index contributed by atoms with van der Waals surface area (Å²) in [5.74, 6) is 0. The molecule has 0 heterocycles. The van der Waals surface area contributed by atoms with Crippen LogP contribution in [0.4, 0.5) is 0 Å². The van der Waals surface area contributed by atoms with Gasteiger partial charge in [0.25, 0.3) is 0 Å². The molecule has 0 radical (unpaired) electrons. The van der Waals surface area contributed by atoms with Crippen LogP contribution in [0, 0.1) is 24.3 Å². The maximum atomic E-state index is 3.68. The first-order valence-corrected chi connectivity index (χ1v) is 8.51. The molecule has 20 heavy (non-hydrogen) atoms. The van der Waals surface area contributed by atoms with E-state index in [2.05, 4.69) is 94.9 Å². The van der Waals surface area contributed by atoms with Gasteiger partial charge in [0.15, 0.2) is 0 Å². The molecule has 0 aromatic heterocycles. The van der Waals surface area contributed by atoms with E-state index in [0.29, 0.717) is 0 Å². The highest BCUT2D eigenvalue weighted by Gasteiger charge is 2.18. The summed E-state index contributed by atoms with van der Waals surface area (Å²) in [4.78, 5) is 0. The average molecular weight is 444 g/mol. The summed E-state index contributed by atoms with van der Waals surface area (Å²) in [6.45, 7) is 6.53. The Morgan fingerprint density at radius 1 is 0.950 bits per heavy atom. The van der Waals surface area contributed by atoms with Crippen LogP contribution >= 0.6 is 38.5 Å². The van der Waals surface area contributed by atoms with Crippen molar-refractivity contribution in [3.8, 4) is 0 Å². The Hall–Kier alpha value is -0.390. The monoisotopic (exact) mass is 443 g/mol. The fraction of sp³-hybridized carbons (Fsp3) is 0.294. The van der Waals surface area contributed by atoms with Crippen LogP contribution in [0.3, 0.4) is 0 Å². The second-order valence-corrected chi connectivity index (χ2v) is 7.28. The summed E-state index contributed by atoms with van der Waals surface area (Å²) in [6.07, 6.45) is 0. The van der Waals surface area contributed by atoms with E-state index in [1.807, 2.05) is 7.05 Å². The van der Waals surface area contributed by atoms with Crippen LogP contribution in [0.1, 0.15) is 33.9 Å². The van der Waals surface area contributed by atoms with Crippen molar-refractivity contribution in [1.82, 2.24) is 5.32 Å². The maximum absolute atomic E-state index is 3.68. The van der Waals surface area contributed by atoms with Gasteiger partial charge in [-0.15, -0.1) is 0 Å². The zero-order valence-corrected chi connectivity index (χ0v) is 16.0. The number of hydrogen-bond donors (Lipinski definition) is 1. The van der Waals surface area contributed by atoms with Gasteiger partial charge in [-0.05, 0) is 96.4 Å². The summed E-state index contributed by atoms with van der Waals surface area (Å²) in [5.41, 5.74) is 6.65. The highest BCUT2D eigenvalue weighted by molar-refractivity contribution is 14.1. The Morgan fingerprint density at radius 2 is 1.60 bits per heavy atom. The quantitative estimate of drug-likeness (QED) is 0.635. The summed E-state index contributed by atoms with van der Waals surface area (Å²) in [7, 11) is 2.02. The van der Waals surface area contributed by atoms with Crippen molar-refractivity contribution in [2.24, 2.45) is 0 Å². The van der Waals surface area contributed by atoms with E-state index in [1.54, 1.807) is 0 Å². The molecule has 3 heteroatoms. The second kappa shape index (κ2) is 6.58. The van der Waals surface area contributed by atoms with Gasteiger partial charge < -0.3 is 5.32 Å². The molecular weight excluding hydrogens is 425 g/mol. The Kier molecular flexibility index (Phi) is 5.26. The van der Waals surface area contributed by atoms with Crippen LogP contribution in [-0.4, -0.2) is 7.05 Å². The molecule has 0 fully saturated rings. The number of hydrogen-bond acceptors (Lipinski definition) is 1. The van der Waals surface area contributed by atoms with Gasteiger partial charge in [-0.2, -0.15) is 0 Å². The Balaban J connectivity index is 2.58. The second-order valence-electron chi connectivity index (χ2n) is 5.18. The minimum absolute atomic E-state index is 0.207. The van der Waals surface area contributed by atoms with Crippen LogP contribution in [0.25, 0.3) is 0 Å². The summed E-state index contributed by atoms with van der Waals surface area (Å²) < 4.78 is 2.40. The Bertz CT molecular complexity index is 637. The van der Waals surface area contributed by atoms with Crippen LogP contribution < -0.4 is 5.32 Å². The largest absolute Gasteiger partial charge is 0.309 e. The van der Waals surface area contributed by atoms with Gasteiger partial charge in [0.1, 0.15) is 0 Å². The lowest BCUT2D eigenvalue weighted by Gasteiger charge is -2.22. The molecule has 0 amide bonds. The van der Waals surface area contributed by atoms with Gasteiger partial charge in [0, 0.05) is 8.04 Å². The van der Waals surface area contributed by atoms with Gasteiger partial charge in [-0.3, -0.25) is 0 Å². The SMILES string of the molecule is CNC(c1cc(C)c(C)cc1C)c1cc(I)ccc1Br. The van der Waals surface area contributed by atoms with Crippen LogP contribution in [0.5, 0.6) is 0 Å². The number of benzene rings is 2. The lowest BCUT2D eigenvalue weighted by atomic mass is 9.92. The van der Waals surface area contributed by atoms with Crippen LogP contribution in [-0.2, 0) is 0 Å². The Labute approximate surface area is 143 Å². The van der Waals surface area contributed by atoms with E-state index < -0.39 is 0 Å². The molecule has 1 unspecified atom stereocenters. The zero-order chi connectivity index (χ0) is 14.9. The van der Waals surface area contributed by atoms with Crippen molar-refractivity contribution in [3.05, 3.63) is 66.2 Å². The van der Waals surface area contributed by atoms with Crippen molar-refractivity contribution < 1.29 is 0 Å². The average Bonchev–Trinajstić information content (AvgIpc) is 2.40. The molecule has 0 aliphatic rings. The van der Waals surface area contributed by atoms with Crippen molar-refractivity contribution >= 4 is 38.5 Å². The number of halogens is 2. The standard InChI is InChI=1S/C17H19BrIN/c1-10-7-12(3)14(8-11(10)2)17(20-4)15-9-13(19)5-6-16(15)18/h5-9,17,20H,1-4H3. The fourth-order valence-corrected chi connectivity index (χ4v) is 3.50. The van der Waals surface area contributed by atoms with E-state index in [1.165, 1.54) is 31.4 Å².